The van der Waals surface area contributed by atoms with Crippen molar-refractivity contribution < 1.29 is 32.4 Å². The van der Waals surface area contributed by atoms with Crippen LogP contribution in [0.4, 0.5) is 39.3 Å². The van der Waals surface area contributed by atoms with E-state index in [9.17, 15) is 18.7 Å². The van der Waals surface area contributed by atoms with Gasteiger partial charge in [0.15, 0.2) is 28.8 Å². The molecule has 3 aromatic rings. The molecule has 42 heavy (non-hydrogen) atoms. The van der Waals surface area contributed by atoms with E-state index in [1.54, 1.807) is 12.3 Å². The number of fused-ring (bicyclic) bond motifs is 1. The number of amides is 1. The number of ether oxygens (including phenoxy) is 2. The van der Waals surface area contributed by atoms with Crippen LogP contribution in [0.5, 0.6) is 5.75 Å². The van der Waals surface area contributed by atoms with Crippen molar-refractivity contribution in [2.75, 3.05) is 53.5 Å². The van der Waals surface area contributed by atoms with Crippen LogP contribution in [0.15, 0.2) is 41.6 Å². The molecule has 0 aliphatic carbocycles. The van der Waals surface area contributed by atoms with Gasteiger partial charge in [0, 0.05) is 13.1 Å². The highest BCUT2D eigenvalue weighted by atomic mass is 31.2. The van der Waals surface area contributed by atoms with Gasteiger partial charge in [-0.2, -0.15) is 4.98 Å². The summed E-state index contributed by atoms with van der Waals surface area (Å²) >= 11 is 0. The van der Waals surface area contributed by atoms with E-state index in [2.05, 4.69) is 45.0 Å². The fraction of sp³-hybridized carbons (Fsp3) is 0.348. The normalized spacial score (nSPS) is 17.6. The van der Waals surface area contributed by atoms with E-state index in [1.165, 1.54) is 26.0 Å². The third kappa shape index (κ3) is 6.27. The zero-order chi connectivity index (χ0) is 29.9. The number of rotatable bonds is 10. The predicted molar refractivity (Wildman–Crippen MR) is 147 cm³/mol. The molecule has 0 aromatic carbocycles. The summed E-state index contributed by atoms with van der Waals surface area (Å²) in [4.78, 5) is 46.1. The summed E-state index contributed by atoms with van der Waals surface area (Å²) in [6.07, 6.45) is 2.58. The molecule has 5 rings (SSSR count). The van der Waals surface area contributed by atoms with E-state index >= 15 is 0 Å². The molecule has 0 spiro atoms. The number of nitrogens with zero attached hydrogens (tertiary/aromatic N) is 7. The monoisotopic (exact) mass is 604 g/mol. The standard InChI is InChI=1S/C23H26FN10O7P/c1-23(2)21(35)34(13-39-42(37,32-36)41-25)20-16(40-23)4-5-17(30-20)29-19-15(24)12-27-22(31-19)28-14-3-6-18(26-11-14)33-7-9-38-10-8-33/h3-6,11-12H,7-10,13,25H2,1-2H3,(H2,27,28,29,30,31). The number of hydrogen-bond acceptors (Lipinski definition) is 15. The molecule has 2 aliphatic rings. The number of morpholine rings is 1. The first-order valence-electron chi connectivity index (χ1n) is 12.5. The average Bonchev–Trinajstić information content (AvgIpc) is 3.00. The van der Waals surface area contributed by atoms with Crippen LogP contribution in [0.2, 0.25) is 0 Å². The molecule has 222 valence electrons. The lowest BCUT2D eigenvalue weighted by atomic mass is 10.1. The van der Waals surface area contributed by atoms with E-state index in [1.807, 2.05) is 6.07 Å². The van der Waals surface area contributed by atoms with Gasteiger partial charge in [0.1, 0.15) is 18.4 Å². The van der Waals surface area contributed by atoms with Crippen molar-refractivity contribution in [1.82, 2.24) is 19.9 Å². The molecule has 4 N–H and O–H groups in total. The SMILES string of the molecule is CC1(C)Oc2ccc(Nc3nc(Nc4ccc(N5CCOCC5)nc4)ncc3F)nc2N(COP(=O)(N=O)ON)C1=O. The molecule has 1 atom stereocenters. The van der Waals surface area contributed by atoms with E-state index in [0.29, 0.717) is 18.9 Å². The van der Waals surface area contributed by atoms with Crippen LogP contribution in [0.1, 0.15) is 13.8 Å². The molecule has 0 radical (unpaired) electrons. The quantitative estimate of drug-likeness (QED) is 0.173. The lowest BCUT2D eigenvalue weighted by Gasteiger charge is -2.37. The summed E-state index contributed by atoms with van der Waals surface area (Å²) < 4.78 is 46.8. The Hall–Kier alpha value is -4.35. The third-order valence-corrected chi connectivity index (χ3v) is 7.04. The van der Waals surface area contributed by atoms with Gasteiger partial charge in [0.05, 0.1) is 36.2 Å². The van der Waals surface area contributed by atoms with E-state index in [-0.39, 0.29) is 29.2 Å². The Morgan fingerprint density at radius 1 is 1.14 bits per heavy atom. The number of carbonyl (C=O) groups excluding carboxylic acids is 1. The van der Waals surface area contributed by atoms with Gasteiger partial charge in [-0.1, -0.05) is 0 Å². The Morgan fingerprint density at radius 3 is 2.62 bits per heavy atom. The molecule has 19 heteroatoms. The Kier molecular flexibility index (Phi) is 8.24. The number of nitrogens with one attached hydrogen (secondary N) is 2. The fourth-order valence-electron chi connectivity index (χ4n) is 4.05. The molecule has 3 aromatic heterocycles. The summed E-state index contributed by atoms with van der Waals surface area (Å²) in [7, 11) is -4.56. The van der Waals surface area contributed by atoms with Gasteiger partial charge in [0.2, 0.25) is 5.95 Å². The number of nitrogens with two attached hydrogens (primary N) is 1. The minimum absolute atomic E-state index is 0.0571. The summed E-state index contributed by atoms with van der Waals surface area (Å²) in [6, 6.07) is 6.58. The van der Waals surface area contributed by atoms with Crippen molar-refractivity contribution in [1.29, 1.82) is 0 Å². The minimum Gasteiger partial charge on any atom is -0.474 e. The smallest absolute Gasteiger partial charge is 0.474 e. The van der Waals surface area contributed by atoms with Gasteiger partial charge in [-0.25, -0.2) is 34.4 Å². The topological polar surface area (TPSA) is 209 Å². The lowest BCUT2D eigenvalue weighted by molar-refractivity contribution is -0.133. The van der Waals surface area contributed by atoms with Gasteiger partial charge >= 0.3 is 7.75 Å². The first-order valence-corrected chi connectivity index (χ1v) is 14.0. The number of nitroso groups, excluding NO2 is 1. The van der Waals surface area contributed by atoms with Crippen LogP contribution in [0, 0.1) is 10.7 Å². The summed E-state index contributed by atoms with van der Waals surface area (Å²) in [5, 5.41) is 5.71. The Morgan fingerprint density at radius 2 is 1.93 bits per heavy atom. The maximum atomic E-state index is 14.7. The lowest BCUT2D eigenvalue weighted by Crippen LogP contribution is -2.53. The number of halogens is 1. The van der Waals surface area contributed by atoms with E-state index < -0.39 is 31.8 Å². The first kappa shape index (κ1) is 29.2. The van der Waals surface area contributed by atoms with Crippen LogP contribution in [0.3, 0.4) is 0 Å². The van der Waals surface area contributed by atoms with Crippen molar-refractivity contribution >= 4 is 48.6 Å². The molecule has 5 heterocycles. The highest BCUT2D eigenvalue weighted by molar-refractivity contribution is 7.52. The number of hydrogen-bond donors (Lipinski definition) is 3. The van der Waals surface area contributed by atoms with Gasteiger partial charge < -0.3 is 25.0 Å². The summed E-state index contributed by atoms with van der Waals surface area (Å²) in [6.45, 7) is 4.98. The van der Waals surface area contributed by atoms with Gasteiger partial charge in [-0.05, 0) is 38.1 Å². The van der Waals surface area contributed by atoms with Crippen molar-refractivity contribution in [3.05, 3.63) is 47.4 Å². The number of carbonyl (C=O) groups is 1. The zero-order valence-corrected chi connectivity index (χ0v) is 23.3. The van der Waals surface area contributed by atoms with Crippen molar-refractivity contribution in [2.24, 2.45) is 10.8 Å². The second-order valence-electron chi connectivity index (χ2n) is 9.42. The molecule has 1 saturated heterocycles. The van der Waals surface area contributed by atoms with Crippen molar-refractivity contribution in [3.8, 4) is 5.75 Å². The minimum atomic E-state index is -4.56. The largest absolute Gasteiger partial charge is 0.507 e. The number of anilines is 6. The molecular weight excluding hydrogens is 578 g/mol. The van der Waals surface area contributed by atoms with Crippen LogP contribution >= 0.6 is 7.75 Å². The van der Waals surface area contributed by atoms with Crippen LogP contribution in [-0.4, -0.2) is 64.5 Å². The second kappa shape index (κ2) is 11.9. The molecule has 0 bridgehead atoms. The fourth-order valence-corrected chi connectivity index (χ4v) is 4.45. The third-order valence-electron chi connectivity index (χ3n) is 6.13. The van der Waals surface area contributed by atoms with Crippen LogP contribution in [0.25, 0.3) is 0 Å². The second-order valence-corrected chi connectivity index (χ2v) is 11.0. The number of aromatic nitrogens is 4. The van der Waals surface area contributed by atoms with E-state index in [0.717, 1.165) is 30.0 Å². The molecular formula is C23H26FN10O7P. The summed E-state index contributed by atoms with van der Waals surface area (Å²) in [5.74, 6) is 4.18. The van der Waals surface area contributed by atoms with Crippen LogP contribution in [-0.2, 0) is 23.2 Å². The molecule has 2 aliphatic heterocycles. The highest BCUT2D eigenvalue weighted by Crippen LogP contribution is 2.48. The average molecular weight is 604 g/mol. The van der Waals surface area contributed by atoms with Crippen LogP contribution < -0.4 is 31.1 Å². The van der Waals surface area contributed by atoms with Gasteiger partial charge in [-0.3, -0.25) is 14.2 Å². The zero-order valence-electron chi connectivity index (χ0n) is 22.4. The Balaban J connectivity index is 1.34. The molecule has 0 saturated carbocycles. The number of pyridine rings is 2. The van der Waals surface area contributed by atoms with Crippen molar-refractivity contribution in [2.45, 2.75) is 19.4 Å². The maximum absolute atomic E-state index is 14.7. The summed E-state index contributed by atoms with van der Waals surface area (Å²) in [5.41, 5.74) is -0.794. The van der Waals surface area contributed by atoms with Gasteiger partial charge in [0.25, 0.3) is 5.91 Å². The Labute approximate surface area is 238 Å². The predicted octanol–water partition coefficient (Wildman–Crippen LogP) is 2.97. The molecule has 1 fully saturated rings. The maximum Gasteiger partial charge on any atom is 0.507 e. The van der Waals surface area contributed by atoms with Crippen molar-refractivity contribution in [3.63, 3.8) is 0 Å². The highest BCUT2D eigenvalue weighted by Gasteiger charge is 2.43. The first-order chi connectivity index (χ1) is 20.1. The van der Waals surface area contributed by atoms with E-state index in [4.69, 9.17) is 19.9 Å². The molecule has 1 amide bonds. The van der Waals surface area contributed by atoms with Gasteiger partial charge in [-0.15, -0.1) is 4.91 Å². The Bertz CT molecular complexity index is 1520. The molecule has 17 nitrogen and oxygen atoms in total. The molecule has 1 unspecified atom stereocenters.